The second kappa shape index (κ2) is 6.32. The SMILES string of the molecule is COC(=O)[C@H]1CCCN1Cc1ccc(Br)c([N+](=O)[O-])c1. The van der Waals surface area contributed by atoms with Gasteiger partial charge in [-0.25, -0.2) is 0 Å². The number of carbonyl (C=O) groups is 1. The Morgan fingerprint density at radius 3 is 3.00 bits per heavy atom. The summed E-state index contributed by atoms with van der Waals surface area (Å²) in [6.07, 6.45) is 1.70. The molecule has 20 heavy (non-hydrogen) atoms. The van der Waals surface area contributed by atoms with Gasteiger partial charge in [-0.3, -0.25) is 19.8 Å². The van der Waals surface area contributed by atoms with Crippen LogP contribution in [0.5, 0.6) is 0 Å². The molecule has 2 rings (SSSR count). The Hall–Kier alpha value is -1.47. The lowest BCUT2D eigenvalue weighted by atomic mass is 10.1. The highest BCUT2D eigenvalue weighted by molar-refractivity contribution is 9.10. The molecule has 108 valence electrons. The van der Waals surface area contributed by atoms with Crippen molar-refractivity contribution in [1.82, 2.24) is 4.90 Å². The Balaban J connectivity index is 2.15. The zero-order chi connectivity index (χ0) is 14.7. The van der Waals surface area contributed by atoms with Crippen LogP contribution in [0.1, 0.15) is 18.4 Å². The predicted molar refractivity (Wildman–Crippen MR) is 76.2 cm³/mol. The van der Waals surface area contributed by atoms with Crippen molar-refractivity contribution in [2.45, 2.75) is 25.4 Å². The summed E-state index contributed by atoms with van der Waals surface area (Å²) in [5.74, 6) is -0.242. The summed E-state index contributed by atoms with van der Waals surface area (Å²) in [5.41, 5.74) is 0.854. The molecule has 0 unspecified atom stereocenters. The third kappa shape index (κ3) is 3.16. The van der Waals surface area contributed by atoms with Crippen LogP contribution in [0.2, 0.25) is 0 Å². The fourth-order valence-corrected chi connectivity index (χ4v) is 2.84. The molecule has 0 spiro atoms. The van der Waals surface area contributed by atoms with Crippen molar-refractivity contribution >= 4 is 27.6 Å². The van der Waals surface area contributed by atoms with E-state index in [9.17, 15) is 14.9 Å². The summed E-state index contributed by atoms with van der Waals surface area (Å²) in [6.45, 7) is 1.30. The fourth-order valence-electron chi connectivity index (χ4n) is 2.45. The lowest BCUT2D eigenvalue weighted by Crippen LogP contribution is -2.36. The molecule has 6 nitrogen and oxygen atoms in total. The number of nitrogens with zero attached hydrogens (tertiary/aromatic N) is 2. The largest absolute Gasteiger partial charge is 0.468 e. The van der Waals surface area contributed by atoms with Gasteiger partial charge in [-0.15, -0.1) is 0 Å². The van der Waals surface area contributed by atoms with E-state index in [0.29, 0.717) is 11.0 Å². The molecule has 1 aliphatic rings. The van der Waals surface area contributed by atoms with Crippen LogP contribution >= 0.6 is 15.9 Å². The third-order valence-electron chi connectivity index (χ3n) is 3.43. The Kier molecular flexibility index (Phi) is 4.72. The van der Waals surface area contributed by atoms with Crippen molar-refractivity contribution in [1.29, 1.82) is 0 Å². The number of rotatable bonds is 4. The summed E-state index contributed by atoms with van der Waals surface area (Å²) < 4.78 is 5.24. The van der Waals surface area contributed by atoms with Crippen molar-refractivity contribution in [2.75, 3.05) is 13.7 Å². The second-order valence-corrected chi connectivity index (χ2v) is 5.55. The van der Waals surface area contributed by atoms with Gasteiger partial charge >= 0.3 is 5.97 Å². The summed E-state index contributed by atoms with van der Waals surface area (Å²) in [5, 5.41) is 10.9. The topological polar surface area (TPSA) is 72.7 Å². The first-order valence-electron chi connectivity index (χ1n) is 6.27. The van der Waals surface area contributed by atoms with Gasteiger partial charge in [0, 0.05) is 12.6 Å². The second-order valence-electron chi connectivity index (χ2n) is 4.69. The molecular formula is C13H15BrN2O4. The van der Waals surface area contributed by atoms with Gasteiger partial charge in [0.25, 0.3) is 5.69 Å². The molecule has 0 aromatic heterocycles. The summed E-state index contributed by atoms with van der Waals surface area (Å²) in [6, 6.07) is 4.78. The maximum atomic E-state index is 11.7. The molecule has 1 aliphatic heterocycles. The molecule has 1 heterocycles. The van der Waals surface area contributed by atoms with Crippen LogP contribution in [-0.4, -0.2) is 35.5 Å². The first-order valence-corrected chi connectivity index (χ1v) is 7.07. The van der Waals surface area contributed by atoms with Gasteiger partial charge in [0.1, 0.15) is 6.04 Å². The Morgan fingerprint density at radius 2 is 2.35 bits per heavy atom. The van der Waals surface area contributed by atoms with Crippen LogP contribution in [0.25, 0.3) is 0 Å². The van der Waals surface area contributed by atoms with E-state index in [2.05, 4.69) is 15.9 Å². The normalized spacial score (nSPS) is 19.0. The van der Waals surface area contributed by atoms with Crippen molar-refractivity contribution in [2.24, 2.45) is 0 Å². The quantitative estimate of drug-likeness (QED) is 0.477. The van der Waals surface area contributed by atoms with Crippen LogP contribution in [0, 0.1) is 10.1 Å². The van der Waals surface area contributed by atoms with E-state index in [4.69, 9.17) is 4.74 Å². The minimum atomic E-state index is -0.421. The average molecular weight is 343 g/mol. The van der Waals surface area contributed by atoms with Gasteiger partial charge in [0.05, 0.1) is 16.5 Å². The van der Waals surface area contributed by atoms with Gasteiger partial charge in [-0.1, -0.05) is 6.07 Å². The monoisotopic (exact) mass is 342 g/mol. The van der Waals surface area contributed by atoms with Crippen LogP contribution in [-0.2, 0) is 16.1 Å². The molecule has 0 radical (unpaired) electrons. The molecular weight excluding hydrogens is 328 g/mol. The first kappa shape index (κ1) is 14.9. The standard InChI is InChI=1S/C13H15BrN2O4/c1-20-13(17)11-3-2-6-15(11)8-9-4-5-10(14)12(7-9)16(18)19/h4-5,7,11H,2-3,6,8H2,1H3/t11-/m1/s1. The van der Waals surface area contributed by atoms with Crippen molar-refractivity contribution < 1.29 is 14.5 Å². The first-order chi connectivity index (χ1) is 9.52. The zero-order valence-corrected chi connectivity index (χ0v) is 12.6. The summed E-state index contributed by atoms with van der Waals surface area (Å²) in [4.78, 5) is 24.2. The molecule has 7 heteroatoms. The van der Waals surface area contributed by atoms with Gasteiger partial charge in [0.15, 0.2) is 0 Å². The number of nitro groups is 1. The van der Waals surface area contributed by atoms with Gasteiger partial charge in [0.2, 0.25) is 0 Å². The number of methoxy groups -OCH3 is 1. The molecule has 0 N–H and O–H groups in total. The van der Waals surface area contributed by atoms with Crippen LogP contribution in [0.3, 0.4) is 0 Å². The van der Waals surface area contributed by atoms with E-state index in [0.717, 1.165) is 24.9 Å². The molecule has 1 saturated heterocycles. The molecule has 0 aliphatic carbocycles. The minimum Gasteiger partial charge on any atom is -0.468 e. The Labute approximate surface area is 125 Å². The number of halogens is 1. The maximum absolute atomic E-state index is 11.7. The zero-order valence-electron chi connectivity index (χ0n) is 11.0. The highest BCUT2D eigenvalue weighted by Gasteiger charge is 2.31. The molecule has 0 bridgehead atoms. The molecule has 1 atom stereocenters. The van der Waals surface area contributed by atoms with Crippen LogP contribution in [0.4, 0.5) is 5.69 Å². The summed E-state index contributed by atoms with van der Waals surface area (Å²) in [7, 11) is 1.38. The van der Waals surface area contributed by atoms with E-state index in [1.54, 1.807) is 6.07 Å². The predicted octanol–water partition coefficient (Wildman–Crippen LogP) is 2.49. The maximum Gasteiger partial charge on any atom is 0.323 e. The number of nitro benzene ring substituents is 1. The van der Waals surface area contributed by atoms with Gasteiger partial charge < -0.3 is 4.74 Å². The number of carbonyl (C=O) groups excluding carboxylic acids is 1. The van der Waals surface area contributed by atoms with E-state index >= 15 is 0 Å². The average Bonchev–Trinajstić information content (AvgIpc) is 2.88. The Morgan fingerprint density at radius 1 is 1.60 bits per heavy atom. The van der Waals surface area contributed by atoms with Crippen molar-refractivity contribution in [3.8, 4) is 0 Å². The number of hydrogen-bond acceptors (Lipinski definition) is 5. The lowest BCUT2D eigenvalue weighted by molar-refractivity contribution is -0.385. The van der Waals surface area contributed by atoms with Crippen molar-refractivity contribution in [3.05, 3.63) is 38.3 Å². The highest BCUT2D eigenvalue weighted by Crippen LogP contribution is 2.28. The third-order valence-corrected chi connectivity index (χ3v) is 4.10. The van der Waals surface area contributed by atoms with Gasteiger partial charge in [-0.05, 0) is 46.9 Å². The molecule has 1 fully saturated rings. The smallest absolute Gasteiger partial charge is 0.323 e. The lowest BCUT2D eigenvalue weighted by Gasteiger charge is -2.22. The van der Waals surface area contributed by atoms with E-state index < -0.39 is 4.92 Å². The number of esters is 1. The molecule has 1 aromatic carbocycles. The molecule has 0 amide bonds. The molecule has 1 aromatic rings. The fraction of sp³-hybridized carbons (Fsp3) is 0.462. The highest BCUT2D eigenvalue weighted by atomic mass is 79.9. The van der Waals surface area contributed by atoms with E-state index in [-0.39, 0.29) is 17.7 Å². The number of ether oxygens (including phenoxy) is 1. The summed E-state index contributed by atoms with van der Waals surface area (Å²) >= 11 is 3.16. The van der Waals surface area contributed by atoms with Crippen LogP contribution in [0.15, 0.2) is 22.7 Å². The van der Waals surface area contributed by atoms with E-state index in [1.165, 1.54) is 13.2 Å². The molecule has 0 saturated carbocycles. The number of hydrogen-bond donors (Lipinski definition) is 0. The number of likely N-dealkylation sites (tertiary alicyclic amines) is 1. The number of benzene rings is 1. The minimum absolute atomic E-state index is 0.0383. The Bertz CT molecular complexity index is 535. The van der Waals surface area contributed by atoms with E-state index in [1.807, 2.05) is 11.0 Å². The van der Waals surface area contributed by atoms with Crippen LogP contribution < -0.4 is 0 Å². The van der Waals surface area contributed by atoms with Gasteiger partial charge in [-0.2, -0.15) is 0 Å². The van der Waals surface area contributed by atoms with Crippen molar-refractivity contribution in [3.63, 3.8) is 0 Å².